The number of aromatic nitrogens is 1. The normalized spacial score (nSPS) is 12.2. The molecule has 1 heterocycles. The van der Waals surface area contributed by atoms with Crippen LogP contribution in [0.15, 0.2) is 18.2 Å². The maximum atomic E-state index is 5.04. The summed E-state index contributed by atoms with van der Waals surface area (Å²) in [5.74, 6) is 2.58. The SMILES string of the molecule is COc1cccc(NC(C)CSC)n1. The van der Waals surface area contributed by atoms with E-state index in [1.54, 1.807) is 7.11 Å². The van der Waals surface area contributed by atoms with Gasteiger partial charge in [0.25, 0.3) is 0 Å². The van der Waals surface area contributed by atoms with Gasteiger partial charge < -0.3 is 10.1 Å². The lowest BCUT2D eigenvalue weighted by Gasteiger charge is -2.13. The third kappa shape index (κ3) is 3.46. The molecule has 0 bridgehead atoms. The zero-order valence-electron chi connectivity index (χ0n) is 8.78. The zero-order chi connectivity index (χ0) is 10.4. The highest BCUT2D eigenvalue weighted by molar-refractivity contribution is 7.98. The van der Waals surface area contributed by atoms with Crippen LogP contribution in [0.25, 0.3) is 0 Å². The first-order valence-corrected chi connectivity index (χ1v) is 5.92. The smallest absolute Gasteiger partial charge is 0.214 e. The predicted molar refractivity (Wildman–Crippen MR) is 62.3 cm³/mol. The number of thioether (sulfide) groups is 1. The number of rotatable bonds is 5. The molecule has 0 saturated carbocycles. The van der Waals surface area contributed by atoms with Crippen molar-refractivity contribution in [2.45, 2.75) is 13.0 Å². The van der Waals surface area contributed by atoms with Crippen LogP contribution in [-0.4, -0.2) is 30.1 Å². The molecule has 78 valence electrons. The molecule has 0 aromatic carbocycles. The lowest BCUT2D eigenvalue weighted by atomic mass is 10.3. The number of hydrogen-bond donors (Lipinski definition) is 1. The number of nitrogens with one attached hydrogen (secondary N) is 1. The number of pyridine rings is 1. The summed E-state index contributed by atoms with van der Waals surface area (Å²) < 4.78 is 5.04. The van der Waals surface area contributed by atoms with Gasteiger partial charge in [0.05, 0.1) is 7.11 Å². The molecule has 1 aromatic heterocycles. The topological polar surface area (TPSA) is 34.1 Å². The van der Waals surface area contributed by atoms with Crippen LogP contribution in [0.3, 0.4) is 0 Å². The number of hydrogen-bond acceptors (Lipinski definition) is 4. The van der Waals surface area contributed by atoms with Crippen LogP contribution in [0.5, 0.6) is 5.88 Å². The summed E-state index contributed by atoms with van der Waals surface area (Å²) in [6.07, 6.45) is 2.09. The molecule has 1 aromatic rings. The molecule has 0 radical (unpaired) electrons. The largest absolute Gasteiger partial charge is 0.481 e. The molecular weight excluding hydrogens is 196 g/mol. The molecule has 1 atom stereocenters. The van der Waals surface area contributed by atoms with Gasteiger partial charge in [-0.05, 0) is 19.2 Å². The predicted octanol–water partition coefficient (Wildman–Crippen LogP) is 2.25. The molecule has 1 N–H and O–H groups in total. The van der Waals surface area contributed by atoms with Crippen LogP contribution in [-0.2, 0) is 0 Å². The average Bonchev–Trinajstić information content (AvgIpc) is 2.18. The average molecular weight is 212 g/mol. The summed E-state index contributed by atoms with van der Waals surface area (Å²) in [7, 11) is 1.62. The standard InChI is InChI=1S/C10H16N2OS/c1-8(7-14-3)11-9-5-4-6-10(12-9)13-2/h4-6,8H,7H2,1-3H3,(H,11,12). The van der Waals surface area contributed by atoms with Gasteiger partial charge in [-0.25, -0.2) is 0 Å². The molecule has 0 aliphatic carbocycles. The van der Waals surface area contributed by atoms with Gasteiger partial charge in [0, 0.05) is 17.9 Å². The van der Waals surface area contributed by atoms with E-state index in [0.29, 0.717) is 11.9 Å². The van der Waals surface area contributed by atoms with E-state index in [0.717, 1.165) is 11.6 Å². The fourth-order valence-electron chi connectivity index (χ4n) is 1.15. The summed E-state index contributed by atoms with van der Waals surface area (Å²) in [5.41, 5.74) is 0. The van der Waals surface area contributed by atoms with Crippen molar-refractivity contribution in [2.75, 3.05) is 24.4 Å². The number of anilines is 1. The van der Waals surface area contributed by atoms with Crippen molar-refractivity contribution in [3.05, 3.63) is 18.2 Å². The zero-order valence-corrected chi connectivity index (χ0v) is 9.60. The molecule has 0 aliphatic rings. The van der Waals surface area contributed by atoms with Crippen molar-refractivity contribution in [2.24, 2.45) is 0 Å². The highest BCUT2D eigenvalue weighted by Gasteiger charge is 2.02. The first-order chi connectivity index (χ1) is 6.76. The molecular formula is C10H16N2OS. The Morgan fingerprint density at radius 2 is 2.36 bits per heavy atom. The first kappa shape index (κ1) is 11.2. The molecule has 0 aliphatic heterocycles. The Morgan fingerprint density at radius 1 is 1.57 bits per heavy atom. The van der Waals surface area contributed by atoms with Crippen LogP contribution in [0.4, 0.5) is 5.82 Å². The fourth-order valence-corrected chi connectivity index (χ4v) is 1.74. The minimum atomic E-state index is 0.421. The fraction of sp³-hybridized carbons (Fsp3) is 0.500. The van der Waals surface area contributed by atoms with E-state index in [9.17, 15) is 0 Å². The Labute approximate surface area is 89.3 Å². The second-order valence-corrected chi connectivity index (χ2v) is 3.98. The van der Waals surface area contributed by atoms with E-state index in [1.807, 2.05) is 30.0 Å². The van der Waals surface area contributed by atoms with E-state index in [2.05, 4.69) is 23.5 Å². The molecule has 0 amide bonds. The van der Waals surface area contributed by atoms with Crippen LogP contribution < -0.4 is 10.1 Å². The summed E-state index contributed by atoms with van der Waals surface area (Å²) in [6, 6.07) is 6.13. The Hall–Kier alpha value is -0.900. The van der Waals surface area contributed by atoms with Gasteiger partial charge in [-0.3, -0.25) is 0 Å². The summed E-state index contributed by atoms with van der Waals surface area (Å²) in [6.45, 7) is 2.14. The number of methoxy groups -OCH3 is 1. The molecule has 3 nitrogen and oxygen atoms in total. The van der Waals surface area contributed by atoms with Crippen LogP contribution >= 0.6 is 11.8 Å². The van der Waals surface area contributed by atoms with Crippen LogP contribution in [0.1, 0.15) is 6.92 Å². The van der Waals surface area contributed by atoms with Gasteiger partial charge in [0.2, 0.25) is 5.88 Å². The Bertz CT molecular complexity index is 281. The van der Waals surface area contributed by atoms with E-state index >= 15 is 0 Å². The third-order valence-electron chi connectivity index (χ3n) is 1.74. The van der Waals surface area contributed by atoms with Crippen molar-refractivity contribution in [3.8, 4) is 5.88 Å². The maximum absolute atomic E-state index is 5.04. The second-order valence-electron chi connectivity index (χ2n) is 3.07. The first-order valence-electron chi connectivity index (χ1n) is 4.52. The van der Waals surface area contributed by atoms with Gasteiger partial charge in [0.15, 0.2) is 0 Å². The van der Waals surface area contributed by atoms with Gasteiger partial charge in [-0.1, -0.05) is 6.07 Å². The minimum absolute atomic E-state index is 0.421. The van der Waals surface area contributed by atoms with Crippen molar-refractivity contribution in [1.29, 1.82) is 0 Å². The lowest BCUT2D eigenvalue weighted by molar-refractivity contribution is 0.398. The van der Waals surface area contributed by atoms with Gasteiger partial charge in [-0.15, -0.1) is 0 Å². The molecule has 0 spiro atoms. The highest BCUT2D eigenvalue weighted by Crippen LogP contribution is 2.12. The van der Waals surface area contributed by atoms with Crippen molar-refractivity contribution in [3.63, 3.8) is 0 Å². The Balaban J connectivity index is 2.57. The van der Waals surface area contributed by atoms with Gasteiger partial charge >= 0.3 is 0 Å². The minimum Gasteiger partial charge on any atom is -0.481 e. The Kier molecular flexibility index (Phi) is 4.59. The molecule has 0 saturated heterocycles. The molecule has 0 fully saturated rings. The number of nitrogens with zero attached hydrogens (tertiary/aromatic N) is 1. The Morgan fingerprint density at radius 3 is 3.00 bits per heavy atom. The van der Waals surface area contributed by atoms with E-state index < -0.39 is 0 Å². The molecule has 1 rings (SSSR count). The molecule has 4 heteroatoms. The van der Waals surface area contributed by atoms with E-state index in [-0.39, 0.29) is 0 Å². The lowest BCUT2D eigenvalue weighted by Crippen LogP contribution is -2.18. The highest BCUT2D eigenvalue weighted by atomic mass is 32.2. The summed E-state index contributed by atoms with van der Waals surface area (Å²) in [5, 5.41) is 3.31. The second kappa shape index (κ2) is 5.75. The van der Waals surface area contributed by atoms with E-state index in [4.69, 9.17) is 4.74 Å². The van der Waals surface area contributed by atoms with E-state index in [1.165, 1.54) is 0 Å². The summed E-state index contributed by atoms with van der Waals surface area (Å²) >= 11 is 1.82. The van der Waals surface area contributed by atoms with Crippen LogP contribution in [0.2, 0.25) is 0 Å². The van der Waals surface area contributed by atoms with Gasteiger partial charge in [0.1, 0.15) is 5.82 Å². The maximum Gasteiger partial charge on any atom is 0.214 e. The molecule has 14 heavy (non-hydrogen) atoms. The molecule has 1 unspecified atom stereocenters. The monoisotopic (exact) mass is 212 g/mol. The quantitative estimate of drug-likeness (QED) is 0.811. The third-order valence-corrected chi connectivity index (χ3v) is 2.58. The van der Waals surface area contributed by atoms with Crippen molar-refractivity contribution < 1.29 is 4.74 Å². The van der Waals surface area contributed by atoms with Crippen molar-refractivity contribution >= 4 is 17.6 Å². The van der Waals surface area contributed by atoms with Gasteiger partial charge in [-0.2, -0.15) is 16.7 Å². The summed E-state index contributed by atoms with van der Waals surface area (Å²) in [4.78, 5) is 4.27. The number of ether oxygens (including phenoxy) is 1. The van der Waals surface area contributed by atoms with Crippen molar-refractivity contribution in [1.82, 2.24) is 4.98 Å². The van der Waals surface area contributed by atoms with Crippen LogP contribution in [0, 0.1) is 0 Å².